The SMILES string of the molecule is CCOC(=O)C1=C(O)C(=Cc2ccc(Cl)cc2)SC1=Nc1ccc([N+](=O)[O-])cc1. The fourth-order valence-electron chi connectivity index (χ4n) is 2.47. The summed E-state index contributed by atoms with van der Waals surface area (Å²) in [5.74, 6) is -0.929. The Balaban J connectivity index is 2.00. The van der Waals surface area contributed by atoms with Gasteiger partial charge in [0.15, 0.2) is 0 Å². The molecule has 0 amide bonds. The van der Waals surface area contributed by atoms with Gasteiger partial charge >= 0.3 is 5.97 Å². The van der Waals surface area contributed by atoms with Crippen molar-refractivity contribution >= 4 is 51.8 Å². The van der Waals surface area contributed by atoms with Crippen LogP contribution in [0.2, 0.25) is 5.02 Å². The highest BCUT2D eigenvalue weighted by Crippen LogP contribution is 2.40. The zero-order chi connectivity index (χ0) is 21.0. The molecule has 7 nitrogen and oxygen atoms in total. The van der Waals surface area contributed by atoms with Gasteiger partial charge in [-0.15, -0.1) is 0 Å². The standard InChI is InChI=1S/C20H15ClN2O5S/c1-2-28-20(25)17-18(24)16(11-12-3-5-13(21)6-4-12)29-19(17)22-14-7-9-15(10-8-14)23(26)27/h3-11,24H,2H2,1H3. The highest BCUT2D eigenvalue weighted by molar-refractivity contribution is 8.18. The molecular formula is C20H15ClN2O5S. The molecular weight excluding hydrogens is 416 g/mol. The zero-order valence-electron chi connectivity index (χ0n) is 15.2. The molecule has 0 atom stereocenters. The van der Waals surface area contributed by atoms with Gasteiger partial charge in [0, 0.05) is 17.2 Å². The number of rotatable bonds is 5. The minimum atomic E-state index is -0.697. The van der Waals surface area contributed by atoms with E-state index < -0.39 is 10.9 Å². The van der Waals surface area contributed by atoms with Crippen molar-refractivity contribution < 1.29 is 19.6 Å². The molecule has 1 heterocycles. The van der Waals surface area contributed by atoms with E-state index in [2.05, 4.69) is 4.99 Å². The van der Waals surface area contributed by atoms with E-state index in [4.69, 9.17) is 16.3 Å². The number of thioether (sulfide) groups is 1. The second-order valence-electron chi connectivity index (χ2n) is 5.80. The lowest BCUT2D eigenvalue weighted by molar-refractivity contribution is -0.384. The smallest absolute Gasteiger partial charge is 0.344 e. The molecule has 148 valence electrons. The Morgan fingerprint density at radius 1 is 1.24 bits per heavy atom. The van der Waals surface area contributed by atoms with Gasteiger partial charge in [-0.1, -0.05) is 35.5 Å². The van der Waals surface area contributed by atoms with Crippen molar-refractivity contribution in [3.05, 3.63) is 85.5 Å². The summed E-state index contributed by atoms with van der Waals surface area (Å²) in [5, 5.41) is 22.2. The molecule has 0 saturated heterocycles. The van der Waals surface area contributed by atoms with E-state index in [1.54, 1.807) is 37.3 Å². The van der Waals surface area contributed by atoms with E-state index in [1.165, 1.54) is 24.3 Å². The second kappa shape index (κ2) is 8.93. The number of nitrogens with zero attached hydrogens (tertiary/aromatic N) is 2. The number of hydrogen-bond acceptors (Lipinski definition) is 7. The van der Waals surface area contributed by atoms with E-state index in [1.807, 2.05) is 0 Å². The summed E-state index contributed by atoms with van der Waals surface area (Å²) >= 11 is 7.00. The Bertz CT molecular complexity index is 1040. The summed E-state index contributed by atoms with van der Waals surface area (Å²) in [7, 11) is 0. The molecule has 1 aliphatic rings. The molecule has 3 rings (SSSR count). The number of benzene rings is 2. The van der Waals surface area contributed by atoms with Crippen molar-refractivity contribution in [3.63, 3.8) is 0 Å². The van der Waals surface area contributed by atoms with E-state index in [-0.39, 0.29) is 28.7 Å². The van der Waals surface area contributed by atoms with E-state index in [0.717, 1.165) is 17.3 Å². The Morgan fingerprint density at radius 3 is 2.48 bits per heavy atom. The molecule has 0 fully saturated rings. The number of aliphatic hydroxyl groups excluding tert-OH is 1. The molecule has 29 heavy (non-hydrogen) atoms. The second-order valence-corrected chi connectivity index (χ2v) is 7.26. The van der Waals surface area contributed by atoms with Crippen molar-refractivity contribution in [2.75, 3.05) is 6.61 Å². The molecule has 0 radical (unpaired) electrons. The van der Waals surface area contributed by atoms with Gasteiger partial charge in [0.05, 0.1) is 22.1 Å². The lowest BCUT2D eigenvalue weighted by Crippen LogP contribution is -2.12. The largest absolute Gasteiger partial charge is 0.506 e. The first-order valence-electron chi connectivity index (χ1n) is 8.48. The average Bonchev–Trinajstić information content (AvgIpc) is 2.99. The maximum Gasteiger partial charge on any atom is 0.344 e. The first-order chi connectivity index (χ1) is 13.9. The number of carbonyl (C=O) groups excluding carboxylic acids is 1. The first kappa shape index (κ1) is 20.6. The summed E-state index contributed by atoms with van der Waals surface area (Å²) in [6.07, 6.45) is 1.70. The molecule has 0 unspecified atom stereocenters. The third-order valence-electron chi connectivity index (χ3n) is 3.83. The molecule has 1 N–H and O–H groups in total. The van der Waals surface area contributed by atoms with Gasteiger partial charge in [0.25, 0.3) is 5.69 Å². The average molecular weight is 431 g/mol. The Morgan fingerprint density at radius 2 is 1.90 bits per heavy atom. The van der Waals surface area contributed by atoms with E-state index in [9.17, 15) is 20.0 Å². The summed E-state index contributed by atoms with van der Waals surface area (Å²) in [6.45, 7) is 1.80. The van der Waals surface area contributed by atoms with Crippen LogP contribution in [-0.4, -0.2) is 27.6 Å². The molecule has 2 aromatic rings. The molecule has 0 aliphatic carbocycles. The lowest BCUT2D eigenvalue weighted by Gasteiger charge is -2.03. The Labute approximate surface area is 175 Å². The molecule has 0 spiro atoms. The van der Waals surface area contributed by atoms with Gasteiger partial charge in [-0.25, -0.2) is 9.79 Å². The van der Waals surface area contributed by atoms with Crippen molar-refractivity contribution in [2.45, 2.75) is 6.92 Å². The number of esters is 1. The molecule has 0 aromatic heterocycles. The predicted octanol–water partition coefficient (Wildman–Crippen LogP) is 5.44. The molecule has 0 saturated carbocycles. The van der Waals surface area contributed by atoms with Crippen molar-refractivity contribution in [1.29, 1.82) is 0 Å². The maximum atomic E-state index is 12.4. The molecule has 1 aliphatic heterocycles. The summed E-state index contributed by atoms with van der Waals surface area (Å²) in [4.78, 5) is 27.5. The normalized spacial score (nSPS) is 16.5. The number of nitro groups is 1. The number of ether oxygens (including phenoxy) is 1. The first-order valence-corrected chi connectivity index (χ1v) is 9.68. The number of halogens is 1. The summed E-state index contributed by atoms with van der Waals surface area (Å²) in [6, 6.07) is 12.5. The van der Waals surface area contributed by atoms with E-state index >= 15 is 0 Å². The van der Waals surface area contributed by atoms with Crippen LogP contribution in [0.3, 0.4) is 0 Å². The quantitative estimate of drug-likeness (QED) is 0.385. The van der Waals surface area contributed by atoms with Gasteiger partial charge in [-0.05, 0) is 42.8 Å². The van der Waals surface area contributed by atoms with Crippen LogP contribution < -0.4 is 0 Å². The van der Waals surface area contributed by atoms with Crippen LogP contribution >= 0.6 is 23.4 Å². The molecule has 0 bridgehead atoms. The zero-order valence-corrected chi connectivity index (χ0v) is 16.7. The number of carbonyl (C=O) groups is 1. The number of non-ortho nitro benzene ring substituents is 1. The van der Waals surface area contributed by atoms with Crippen LogP contribution in [-0.2, 0) is 9.53 Å². The molecule has 2 aromatic carbocycles. The van der Waals surface area contributed by atoms with Gasteiger partial charge < -0.3 is 9.84 Å². The van der Waals surface area contributed by atoms with Crippen molar-refractivity contribution in [3.8, 4) is 0 Å². The number of aliphatic hydroxyl groups is 1. The van der Waals surface area contributed by atoms with Crippen molar-refractivity contribution in [1.82, 2.24) is 0 Å². The van der Waals surface area contributed by atoms with Crippen LogP contribution in [0.15, 0.2) is 69.8 Å². The Hall–Kier alpha value is -3.10. The number of nitro benzene ring substituents is 1. The van der Waals surface area contributed by atoms with Gasteiger partial charge in [0.1, 0.15) is 16.4 Å². The minimum absolute atomic E-state index is 0.0459. The maximum absolute atomic E-state index is 12.4. The summed E-state index contributed by atoms with van der Waals surface area (Å²) < 4.78 is 5.04. The number of aliphatic imine (C=N–C) groups is 1. The van der Waals surface area contributed by atoms with Crippen LogP contribution in [0.1, 0.15) is 12.5 Å². The third-order valence-corrected chi connectivity index (χ3v) is 5.10. The predicted molar refractivity (Wildman–Crippen MR) is 113 cm³/mol. The number of hydrogen-bond donors (Lipinski definition) is 1. The lowest BCUT2D eigenvalue weighted by atomic mass is 10.1. The molecule has 9 heteroatoms. The van der Waals surface area contributed by atoms with Gasteiger partial charge in [0.2, 0.25) is 0 Å². The third kappa shape index (κ3) is 4.85. The topological polar surface area (TPSA) is 102 Å². The van der Waals surface area contributed by atoms with Gasteiger partial charge in [-0.3, -0.25) is 10.1 Å². The highest BCUT2D eigenvalue weighted by atomic mass is 35.5. The summed E-state index contributed by atoms with van der Waals surface area (Å²) in [5.41, 5.74) is 1.07. The van der Waals surface area contributed by atoms with Crippen molar-refractivity contribution in [2.24, 2.45) is 4.99 Å². The fourth-order valence-corrected chi connectivity index (χ4v) is 3.63. The van der Waals surface area contributed by atoms with E-state index in [0.29, 0.717) is 15.6 Å². The van der Waals surface area contributed by atoms with Crippen LogP contribution in [0, 0.1) is 10.1 Å². The monoisotopic (exact) mass is 430 g/mol. The fraction of sp³-hybridized carbons (Fsp3) is 0.100. The van der Waals surface area contributed by atoms with Crippen LogP contribution in [0.5, 0.6) is 0 Å². The Kier molecular flexibility index (Phi) is 6.36. The van der Waals surface area contributed by atoms with Crippen LogP contribution in [0.4, 0.5) is 11.4 Å². The minimum Gasteiger partial charge on any atom is -0.506 e. The van der Waals surface area contributed by atoms with Gasteiger partial charge in [-0.2, -0.15) is 0 Å². The highest BCUT2D eigenvalue weighted by Gasteiger charge is 2.33. The van der Waals surface area contributed by atoms with Crippen LogP contribution in [0.25, 0.3) is 6.08 Å².